The zero-order valence-electron chi connectivity index (χ0n) is 15.6. The number of esters is 1. The van der Waals surface area contributed by atoms with Crippen molar-refractivity contribution in [2.24, 2.45) is 16.1 Å². The lowest BCUT2D eigenvalue weighted by Gasteiger charge is -2.14. The van der Waals surface area contributed by atoms with Gasteiger partial charge in [0, 0.05) is 5.56 Å². The highest BCUT2D eigenvalue weighted by molar-refractivity contribution is 6.11. The summed E-state index contributed by atoms with van der Waals surface area (Å²) < 4.78 is 47.1. The van der Waals surface area contributed by atoms with Crippen molar-refractivity contribution in [3.05, 3.63) is 38.7 Å². The zero-order valence-corrected chi connectivity index (χ0v) is 15.6. The van der Waals surface area contributed by atoms with Gasteiger partial charge in [0.05, 0.1) is 24.6 Å². The van der Waals surface area contributed by atoms with Gasteiger partial charge in [-0.3, -0.25) is 19.7 Å². The van der Waals surface area contributed by atoms with Crippen LogP contribution in [0.3, 0.4) is 0 Å². The van der Waals surface area contributed by atoms with Crippen molar-refractivity contribution in [1.82, 2.24) is 0 Å². The van der Waals surface area contributed by atoms with Crippen LogP contribution in [0.1, 0.15) is 42.6 Å². The zero-order chi connectivity index (χ0) is 21.4. The average Bonchev–Trinajstić information content (AvgIpc) is 2.66. The summed E-state index contributed by atoms with van der Waals surface area (Å²) in [5.74, 6) is -9.71. The Morgan fingerprint density at radius 1 is 1.11 bits per heavy atom. The molecule has 0 aliphatic rings. The number of carbonyl (C=O) groups excluding carboxylic acids is 2. The Balaban J connectivity index is 3.49. The van der Waals surface area contributed by atoms with Gasteiger partial charge in [-0.25, -0.2) is 8.78 Å². The van der Waals surface area contributed by atoms with Crippen LogP contribution in [0, 0.1) is 40.4 Å². The first-order chi connectivity index (χ1) is 13.2. The molecule has 1 aromatic rings. The molecule has 0 saturated heterocycles. The number of hydrogen-bond acceptors (Lipinski definition) is 7. The number of nitro benzene ring substituents is 1. The lowest BCUT2D eigenvalue weighted by molar-refractivity contribution is -0.388. The Hall–Kier alpha value is -2.85. The van der Waals surface area contributed by atoms with E-state index in [1.54, 1.807) is 13.8 Å². The van der Waals surface area contributed by atoms with Crippen molar-refractivity contribution in [2.45, 2.75) is 33.6 Å². The first-order valence-corrected chi connectivity index (χ1v) is 8.54. The average molecular weight is 403 g/mol. The van der Waals surface area contributed by atoms with Gasteiger partial charge < -0.3 is 4.74 Å². The molecule has 154 valence electrons. The van der Waals surface area contributed by atoms with Gasteiger partial charge in [0.25, 0.3) is 0 Å². The van der Waals surface area contributed by atoms with Gasteiger partial charge in [0.1, 0.15) is 17.3 Å². The van der Waals surface area contributed by atoms with E-state index >= 15 is 0 Å². The van der Waals surface area contributed by atoms with Gasteiger partial charge in [-0.15, -0.1) is 0 Å². The lowest BCUT2D eigenvalue weighted by Crippen LogP contribution is -2.31. The number of azo groups is 1. The first kappa shape index (κ1) is 23.2. The Morgan fingerprint density at radius 3 is 2.29 bits per heavy atom. The number of nitrogens with zero attached hydrogens (tertiary/aromatic N) is 3. The summed E-state index contributed by atoms with van der Waals surface area (Å²) in [7, 11) is 0. The number of carbonyl (C=O) groups is 2. The normalized spacial score (nSPS) is 12.2. The summed E-state index contributed by atoms with van der Waals surface area (Å²) in [4.78, 5) is 34.7. The standard InChI is InChI=1S/C17H20F3N3O5/c1-4-6-21-22-8-10(17(25)28-7-5-2)16(24)11-12(18)9(3)13(19)14(20)15(11)23(26)27/h10H,4-8H2,1-3H3. The van der Waals surface area contributed by atoms with E-state index < -0.39 is 63.4 Å². The van der Waals surface area contributed by atoms with E-state index in [2.05, 4.69) is 10.2 Å². The van der Waals surface area contributed by atoms with Crippen molar-refractivity contribution in [3.8, 4) is 0 Å². The minimum absolute atomic E-state index is 0.0594. The molecule has 0 heterocycles. The molecule has 0 spiro atoms. The maximum absolute atomic E-state index is 14.5. The molecule has 1 aromatic carbocycles. The van der Waals surface area contributed by atoms with Gasteiger partial charge in [-0.2, -0.15) is 14.6 Å². The summed E-state index contributed by atoms with van der Waals surface area (Å²) in [5, 5.41) is 18.5. The number of ketones is 1. The van der Waals surface area contributed by atoms with Gasteiger partial charge in [0.15, 0.2) is 11.6 Å². The van der Waals surface area contributed by atoms with Crippen molar-refractivity contribution in [2.75, 3.05) is 19.7 Å². The highest BCUT2D eigenvalue weighted by atomic mass is 19.2. The molecule has 0 N–H and O–H groups in total. The molecule has 0 bridgehead atoms. The van der Waals surface area contributed by atoms with E-state index in [4.69, 9.17) is 4.74 Å². The molecular formula is C17H20F3N3O5. The number of benzene rings is 1. The van der Waals surface area contributed by atoms with E-state index in [0.29, 0.717) is 19.4 Å². The Bertz CT molecular complexity index is 799. The number of hydrogen-bond donors (Lipinski definition) is 0. The van der Waals surface area contributed by atoms with Crippen LogP contribution in [0.25, 0.3) is 0 Å². The molecule has 1 rings (SSSR count). The second kappa shape index (κ2) is 10.5. The molecule has 11 heteroatoms. The summed E-state index contributed by atoms with van der Waals surface area (Å²) >= 11 is 0. The fourth-order valence-corrected chi connectivity index (χ4v) is 2.21. The third kappa shape index (κ3) is 5.11. The third-order valence-corrected chi connectivity index (χ3v) is 3.68. The fraction of sp³-hybridized carbons (Fsp3) is 0.529. The van der Waals surface area contributed by atoms with E-state index in [-0.39, 0.29) is 6.61 Å². The number of halogens is 3. The molecule has 0 aromatic heterocycles. The maximum atomic E-state index is 14.5. The second-order valence-electron chi connectivity index (χ2n) is 5.82. The summed E-state index contributed by atoms with van der Waals surface area (Å²) in [6.45, 7) is 3.98. The monoisotopic (exact) mass is 403 g/mol. The second-order valence-corrected chi connectivity index (χ2v) is 5.82. The number of nitro groups is 1. The highest BCUT2D eigenvalue weighted by Crippen LogP contribution is 2.32. The van der Waals surface area contributed by atoms with Gasteiger partial charge in [-0.1, -0.05) is 13.8 Å². The smallest absolute Gasteiger partial charge is 0.321 e. The van der Waals surface area contributed by atoms with E-state index in [1.807, 2.05) is 0 Å². The van der Waals surface area contributed by atoms with Crippen LogP contribution in [0.2, 0.25) is 0 Å². The Kier molecular flexibility index (Phi) is 8.68. The van der Waals surface area contributed by atoms with Gasteiger partial charge in [-0.05, 0) is 19.8 Å². The minimum atomic E-state index is -1.99. The van der Waals surface area contributed by atoms with Crippen molar-refractivity contribution in [1.29, 1.82) is 0 Å². The Labute approximate surface area is 158 Å². The van der Waals surface area contributed by atoms with E-state index in [0.717, 1.165) is 6.92 Å². The summed E-state index contributed by atoms with van der Waals surface area (Å²) in [5.41, 5.74) is -3.92. The maximum Gasteiger partial charge on any atom is 0.321 e. The number of Topliss-reactive ketones (excluding diaryl/α,β-unsaturated/α-hetero) is 1. The SMILES string of the molecule is CCCN=NCC(C(=O)OCCC)C(=O)c1c(F)c(C)c(F)c(F)c1[N+](=O)[O-]. The van der Waals surface area contributed by atoms with Crippen molar-refractivity contribution >= 4 is 17.4 Å². The molecule has 0 saturated carbocycles. The highest BCUT2D eigenvalue weighted by Gasteiger charge is 2.40. The van der Waals surface area contributed by atoms with Crippen LogP contribution in [0.15, 0.2) is 10.2 Å². The van der Waals surface area contributed by atoms with Crippen LogP contribution in [-0.2, 0) is 9.53 Å². The summed E-state index contributed by atoms with van der Waals surface area (Å²) in [6, 6.07) is 0. The molecule has 8 nitrogen and oxygen atoms in total. The van der Waals surface area contributed by atoms with Gasteiger partial charge >= 0.3 is 11.7 Å². The molecular weight excluding hydrogens is 383 g/mol. The van der Waals surface area contributed by atoms with Crippen LogP contribution in [0.5, 0.6) is 0 Å². The Morgan fingerprint density at radius 2 is 1.75 bits per heavy atom. The lowest BCUT2D eigenvalue weighted by atomic mass is 9.94. The quantitative estimate of drug-likeness (QED) is 0.112. The van der Waals surface area contributed by atoms with Crippen LogP contribution in [-0.4, -0.2) is 36.4 Å². The molecule has 0 aliphatic heterocycles. The van der Waals surface area contributed by atoms with Crippen LogP contribution >= 0.6 is 0 Å². The summed E-state index contributed by atoms with van der Waals surface area (Å²) in [6.07, 6.45) is 1.05. The van der Waals surface area contributed by atoms with Crippen molar-refractivity contribution in [3.63, 3.8) is 0 Å². The molecule has 1 unspecified atom stereocenters. The number of ether oxygens (including phenoxy) is 1. The van der Waals surface area contributed by atoms with Crippen LogP contribution in [0.4, 0.5) is 18.9 Å². The molecule has 1 atom stereocenters. The minimum Gasteiger partial charge on any atom is -0.465 e. The van der Waals surface area contributed by atoms with Gasteiger partial charge in [0.2, 0.25) is 5.82 Å². The fourth-order valence-electron chi connectivity index (χ4n) is 2.21. The molecule has 0 amide bonds. The molecule has 0 radical (unpaired) electrons. The molecule has 28 heavy (non-hydrogen) atoms. The third-order valence-electron chi connectivity index (χ3n) is 3.68. The molecule has 0 aliphatic carbocycles. The first-order valence-electron chi connectivity index (χ1n) is 8.54. The molecule has 0 fully saturated rings. The topological polar surface area (TPSA) is 111 Å². The predicted octanol–water partition coefficient (Wildman–Crippen LogP) is 3.93. The van der Waals surface area contributed by atoms with E-state index in [9.17, 15) is 32.9 Å². The van der Waals surface area contributed by atoms with E-state index in [1.165, 1.54) is 0 Å². The van der Waals surface area contributed by atoms with Crippen molar-refractivity contribution < 1.29 is 32.4 Å². The van der Waals surface area contributed by atoms with Crippen LogP contribution < -0.4 is 0 Å². The predicted molar refractivity (Wildman–Crippen MR) is 91.7 cm³/mol. The number of rotatable bonds is 10. The largest absolute Gasteiger partial charge is 0.465 e.